The Balaban J connectivity index is 1.65. The third-order valence-electron chi connectivity index (χ3n) is 3.64. The highest BCUT2D eigenvalue weighted by Crippen LogP contribution is 2.23. The van der Waals surface area contributed by atoms with E-state index >= 15 is 0 Å². The normalized spacial score (nSPS) is 10.6. The first-order chi connectivity index (χ1) is 12.0. The fourth-order valence-electron chi connectivity index (χ4n) is 2.30. The predicted octanol–water partition coefficient (Wildman–Crippen LogP) is 2.35. The quantitative estimate of drug-likeness (QED) is 0.733. The van der Waals surface area contributed by atoms with Crippen LogP contribution in [0.3, 0.4) is 0 Å². The van der Waals surface area contributed by atoms with Gasteiger partial charge in [-0.15, -0.1) is 0 Å². The second-order valence-electron chi connectivity index (χ2n) is 5.38. The second-order valence-corrected chi connectivity index (χ2v) is 5.82. The number of H-pyrrole nitrogens is 1. The van der Waals surface area contributed by atoms with Crippen molar-refractivity contribution in [1.82, 2.24) is 20.1 Å². The van der Waals surface area contributed by atoms with Crippen molar-refractivity contribution in [1.29, 1.82) is 0 Å². The maximum absolute atomic E-state index is 14.3. The van der Waals surface area contributed by atoms with Crippen LogP contribution in [-0.4, -0.2) is 20.7 Å². The molecule has 0 bridgehead atoms. The van der Waals surface area contributed by atoms with E-state index in [-0.39, 0.29) is 13.1 Å². The number of hydrogen-bond donors (Lipinski definition) is 2. The summed E-state index contributed by atoms with van der Waals surface area (Å²) in [4.78, 5) is 23.1. The van der Waals surface area contributed by atoms with Crippen LogP contribution in [0.5, 0.6) is 0 Å². The summed E-state index contributed by atoms with van der Waals surface area (Å²) < 4.78 is 15.4. The molecule has 128 valence electrons. The molecule has 1 amide bonds. The van der Waals surface area contributed by atoms with Crippen molar-refractivity contribution in [3.05, 3.63) is 75.7 Å². The third-order valence-corrected chi connectivity index (χ3v) is 3.89. The maximum atomic E-state index is 14.3. The van der Waals surface area contributed by atoms with Crippen molar-refractivity contribution >= 4 is 17.5 Å². The van der Waals surface area contributed by atoms with Gasteiger partial charge in [-0.3, -0.25) is 9.36 Å². The summed E-state index contributed by atoms with van der Waals surface area (Å²) in [6.07, 6.45) is 1.23. The number of benzene rings is 2. The summed E-state index contributed by atoms with van der Waals surface area (Å²) >= 11 is 5.85. The second kappa shape index (κ2) is 7.31. The highest BCUT2D eigenvalue weighted by atomic mass is 35.5. The number of aromatic nitrogens is 3. The lowest BCUT2D eigenvalue weighted by atomic mass is 10.0. The Bertz CT molecular complexity index is 950. The number of nitrogens with zero attached hydrogens (tertiary/aromatic N) is 2. The van der Waals surface area contributed by atoms with E-state index in [1.54, 1.807) is 36.4 Å². The van der Waals surface area contributed by atoms with Crippen molar-refractivity contribution in [2.24, 2.45) is 0 Å². The molecular weight excluding hydrogens is 347 g/mol. The van der Waals surface area contributed by atoms with Crippen molar-refractivity contribution < 1.29 is 9.18 Å². The molecule has 0 unspecified atom stereocenters. The van der Waals surface area contributed by atoms with E-state index in [1.807, 2.05) is 0 Å². The zero-order chi connectivity index (χ0) is 17.8. The number of carbonyl (C=O) groups excluding carboxylic acids is 1. The molecule has 0 aliphatic heterocycles. The lowest BCUT2D eigenvalue weighted by Gasteiger charge is -2.08. The van der Waals surface area contributed by atoms with Gasteiger partial charge in [-0.25, -0.2) is 14.3 Å². The van der Waals surface area contributed by atoms with Crippen molar-refractivity contribution in [2.45, 2.75) is 13.1 Å². The number of nitrogens with one attached hydrogen (secondary N) is 2. The molecule has 2 N–H and O–H groups in total. The van der Waals surface area contributed by atoms with E-state index in [4.69, 9.17) is 11.6 Å². The minimum atomic E-state index is -0.478. The Morgan fingerprint density at radius 3 is 2.56 bits per heavy atom. The van der Waals surface area contributed by atoms with Gasteiger partial charge < -0.3 is 5.32 Å². The zero-order valence-electron chi connectivity index (χ0n) is 13.0. The van der Waals surface area contributed by atoms with E-state index in [1.165, 1.54) is 12.4 Å². The summed E-state index contributed by atoms with van der Waals surface area (Å²) in [7, 11) is 0. The van der Waals surface area contributed by atoms with Gasteiger partial charge in [-0.1, -0.05) is 35.9 Å². The Hall–Kier alpha value is -2.93. The highest BCUT2D eigenvalue weighted by Gasteiger charge is 2.09. The molecule has 3 aromatic rings. The fourth-order valence-corrected chi connectivity index (χ4v) is 2.43. The molecular formula is C17H14ClFN4O2. The number of aromatic amines is 1. The van der Waals surface area contributed by atoms with E-state index in [0.29, 0.717) is 16.1 Å². The summed E-state index contributed by atoms with van der Waals surface area (Å²) in [5.74, 6) is -0.835. The molecule has 1 heterocycles. The van der Waals surface area contributed by atoms with E-state index in [0.717, 1.165) is 10.1 Å². The number of rotatable bonds is 5. The first kappa shape index (κ1) is 16.9. The smallest absolute Gasteiger partial charge is 0.343 e. The van der Waals surface area contributed by atoms with E-state index < -0.39 is 17.4 Å². The minimum absolute atomic E-state index is 0.0260. The van der Waals surface area contributed by atoms with Crippen LogP contribution in [0.25, 0.3) is 11.1 Å². The van der Waals surface area contributed by atoms with Gasteiger partial charge in [0.15, 0.2) is 0 Å². The molecule has 2 aromatic carbocycles. The van der Waals surface area contributed by atoms with Crippen LogP contribution in [0.1, 0.15) is 5.56 Å². The van der Waals surface area contributed by atoms with Crippen LogP contribution in [-0.2, 0) is 17.9 Å². The van der Waals surface area contributed by atoms with Gasteiger partial charge >= 0.3 is 5.69 Å². The molecule has 6 nitrogen and oxygen atoms in total. The average molecular weight is 361 g/mol. The van der Waals surface area contributed by atoms with Gasteiger partial charge in [0.2, 0.25) is 5.91 Å². The molecule has 1 aromatic heterocycles. The number of hydrogen-bond acceptors (Lipinski definition) is 3. The van der Waals surface area contributed by atoms with Crippen LogP contribution in [0.4, 0.5) is 4.39 Å². The van der Waals surface area contributed by atoms with Crippen LogP contribution in [0.15, 0.2) is 53.6 Å². The van der Waals surface area contributed by atoms with Gasteiger partial charge in [-0.2, -0.15) is 5.10 Å². The van der Waals surface area contributed by atoms with Crippen LogP contribution >= 0.6 is 11.6 Å². The number of carbonyl (C=O) groups is 1. The van der Waals surface area contributed by atoms with Crippen molar-refractivity contribution in [3.63, 3.8) is 0 Å². The summed E-state index contributed by atoms with van der Waals surface area (Å²) in [5, 5.41) is 8.91. The summed E-state index contributed by atoms with van der Waals surface area (Å²) in [6.45, 7) is -0.155. The maximum Gasteiger partial charge on any atom is 0.343 e. The molecule has 0 fully saturated rings. The standard InChI is InChI=1S/C17H14ClFN4O2/c18-14-5-3-11(4-6-14)12-1-2-13(15(19)7-12)8-20-16(24)9-23-10-21-22-17(23)25/h1-7,10H,8-9H2,(H,20,24)(H,22,25). The molecule has 0 atom stereocenters. The van der Waals surface area contributed by atoms with Gasteiger partial charge in [0.05, 0.1) is 0 Å². The monoisotopic (exact) mass is 360 g/mol. The number of amides is 1. The predicted molar refractivity (Wildman–Crippen MR) is 91.5 cm³/mol. The Morgan fingerprint density at radius 2 is 1.92 bits per heavy atom. The van der Waals surface area contributed by atoms with Gasteiger partial charge in [0.1, 0.15) is 18.7 Å². The van der Waals surface area contributed by atoms with Crippen molar-refractivity contribution in [3.8, 4) is 11.1 Å². The summed E-state index contributed by atoms with van der Waals surface area (Å²) in [5.41, 5.74) is 1.44. The highest BCUT2D eigenvalue weighted by molar-refractivity contribution is 6.30. The molecule has 0 radical (unpaired) electrons. The van der Waals surface area contributed by atoms with E-state index in [2.05, 4.69) is 15.5 Å². The SMILES string of the molecule is O=C(Cn1cn[nH]c1=O)NCc1ccc(-c2ccc(Cl)cc2)cc1F. The van der Waals surface area contributed by atoms with Gasteiger partial charge in [0, 0.05) is 17.1 Å². The Labute approximate surface area is 147 Å². The van der Waals surface area contributed by atoms with Gasteiger partial charge in [-0.05, 0) is 29.3 Å². The molecule has 0 aliphatic rings. The third kappa shape index (κ3) is 4.13. The summed E-state index contributed by atoms with van der Waals surface area (Å²) in [6, 6.07) is 11.9. The molecule has 25 heavy (non-hydrogen) atoms. The Kier molecular flexibility index (Phi) is 4.95. The molecule has 0 saturated carbocycles. The first-order valence-electron chi connectivity index (χ1n) is 7.44. The first-order valence-corrected chi connectivity index (χ1v) is 7.81. The zero-order valence-corrected chi connectivity index (χ0v) is 13.8. The lowest BCUT2D eigenvalue weighted by molar-refractivity contribution is -0.121. The molecule has 0 spiro atoms. The fraction of sp³-hybridized carbons (Fsp3) is 0.118. The molecule has 0 saturated heterocycles. The lowest BCUT2D eigenvalue weighted by Crippen LogP contribution is -2.30. The van der Waals surface area contributed by atoms with Crippen molar-refractivity contribution in [2.75, 3.05) is 0 Å². The minimum Gasteiger partial charge on any atom is -0.350 e. The largest absolute Gasteiger partial charge is 0.350 e. The average Bonchev–Trinajstić information content (AvgIpc) is 2.99. The molecule has 8 heteroatoms. The topological polar surface area (TPSA) is 79.8 Å². The van der Waals surface area contributed by atoms with E-state index in [9.17, 15) is 14.0 Å². The van der Waals surface area contributed by atoms with Crippen LogP contribution < -0.4 is 11.0 Å². The Morgan fingerprint density at radius 1 is 1.20 bits per heavy atom. The van der Waals surface area contributed by atoms with Crippen LogP contribution in [0, 0.1) is 5.82 Å². The van der Waals surface area contributed by atoms with Gasteiger partial charge in [0.25, 0.3) is 0 Å². The number of halogens is 2. The molecule has 0 aliphatic carbocycles. The van der Waals surface area contributed by atoms with Crippen LogP contribution in [0.2, 0.25) is 5.02 Å². The molecule has 3 rings (SSSR count).